The third-order valence-corrected chi connectivity index (χ3v) is 4.52. The number of hydrogen-bond donors (Lipinski definition) is 0. The van der Waals surface area contributed by atoms with E-state index in [0.29, 0.717) is 6.42 Å². The second kappa shape index (κ2) is 5.90. The monoisotopic (exact) mass is 309 g/mol. The third-order valence-electron chi connectivity index (χ3n) is 4.10. The van der Waals surface area contributed by atoms with Gasteiger partial charge in [-0.15, -0.1) is 0 Å². The summed E-state index contributed by atoms with van der Waals surface area (Å²) in [6.45, 7) is 1.90. The molecule has 3 aromatic rings. The van der Waals surface area contributed by atoms with E-state index >= 15 is 0 Å². The number of rotatable bonds is 4. The minimum atomic E-state index is -0.786. The van der Waals surface area contributed by atoms with Crippen molar-refractivity contribution in [2.24, 2.45) is 0 Å². The molecular weight excluding hydrogens is 294 g/mol. The first-order valence-corrected chi connectivity index (χ1v) is 7.56. The SMILES string of the molecule is CC(Cc1cccnc1)(C(=O)Cl)c1cccc2ccccc12. The topological polar surface area (TPSA) is 30.0 Å². The molecule has 2 aromatic carbocycles. The second-order valence-corrected chi connectivity index (χ2v) is 6.01. The Bertz CT molecular complexity index is 811. The van der Waals surface area contributed by atoms with Crippen molar-refractivity contribution >= 4 is 27.6 Å². The molecule has 0 aliphatic carbocycles. The fourth-order valence-electron chi connectivity index (χ4n) is 2.89. The molecule has 1 heterocycles. The summed E-state index contributed by atoms with van der Waals surface area (Å²) in [5.41, 5.74) is 1.16. The number of nitrogens with zero attached hydrogens (tertiary/aromatic N) is 1. The van der Waals surface area contributed by atoms with E-state index in [-0.39, 0.29) is 5.24 Å². The van der Waals surface area contributed by atoms with Gasteiger partial charge in [-0.25, -0.2) is 0 Å². The smallest absolute Gasteiger partial charge is 0.232 e. The van der Waals surface area contributed by atoms with Gasteiger partial charge in [0.05, 0.1) is 5.41 Å². The lowest BCUT2D eigenvalue weighted by molar-refractivity contribution is -0.116. The number of hydrogen-bond acceptors (Lipinski definition) is 2. The molecular formula is C19H16ClNO. The molecule has 0 N–H and O–H groups in total. The Labute approximate surface area is 134 Å². The van der Waals surface area contributed by atoms with Gasteiger partial charge in [0.15, 0.2) is 0 Å². The van der Waals surface area contributed by atoms with Crippen LogP contribution in [0.4, 0.5) is 0 Å². The molecule has 3 heteroatoms. The number of carbonyl (C=O) groups is 1. The molecule has 0 saturated heterocycles. The summed E-state index contributed by atoms with van der Waals surface area (Å²) >= 11 is 6.01. The average molecular weight is 310 g/mol. The van der Waals surface area contributed by atoms with E-state index < -0.39 is 5.41 Å². The van der Waals surface area contributed by atoms with Crippen LogP contribution in [0.15, 0.2) is 67.0 Å². The Morgan fingerprint density at radius 2 is 1.86 bits per heavy atom. The summed E-state index contributed by atoms with van der Waals surface area (Å²) in [6, 6.07) is 17.9. The van der Waals surface area contributed by atoms with Gasteiger partial charge in [-0.1, -0.05) is 48.5 Å². The first-order chi connectivity index (χ1) is 10.6. The van der Waals surface area contributed by atoms with Gasteiger partial charge in [0, 0.05) is 12.4 Å². The lowest BCUT2D eigenvalue weighted by atomic mass is 9.76. The van der Waals surface area contributed by atoms with Gasteiger partial charge in [0.1, 0.15) is 0 Å². The van der Waals surface area contributed by atoms with Gasteiger partial charge >= 0.3 is 0 Å². The van der Waals surface area contributed by atoms with Crippen LogP contribution in [0.5, 0.6) is 0 Å². The van der Waals surface area contributed by atoms with Crippen LogP contribution in [0.2, 0.25) is 0 Å². The Balaban J connectivity index is 2.16. The van der Waals surface area contributed by atoms with E-state index in [2.05, 4.69) is 4.98 Å². The molecule has 0 saturated carbocycles. The molecule has 0 amide bonds. The van der Waals surface area contributed by atoms with Gasteiger partial charge in [-0.3, -0.25) is 9.78 Å². The van der Waals surface area contributed by atoms with E-state index in [4.69, 9.17) is 11.6 Å². The highest BCUT2D eigenvalue weighted by Gasteiger charge is 2.35. The molecule has 3 rings (SSSR count). The van der Waals surface area contributed by atoms with E-state index in [9.17, 15) is 4.79 Å². The predicted molar refractivity (Wildman–Crippen MR) is 90.1 cm³/mol. The number of aromatic nitrogens is 1. The lowest BCUT2D eigenvalue weighted by Gasteiger charge is -2.27. The van der Waals surface area contributed by atoms with Gasteiger partial charge < -0.3 is 0 Å². The first-order valence-electron chi connectivity index (χ1n) is 7.18. The summed E-state index contributed by atoms with van der Waals surface area (Å²) in [7, 11) is 0. The number of benzene rings is 2. The fraction of sp³-hybridized carbons (Fsp3) is 0.158. The molecule has 110 valence electrons. The van der Waals surface area contributed by atoms with E-state index in [0.717, 1.165) is 21.9 Å². The number of halogens is 1. The van der Waals surface area contributed by atoms with Gasteiger partial charge in [-0.05, 0) is 52.9 Å². The van der Waals surface area contributed by atoms with Crippen LogP contribution in [0, 0.1) is 0 Å². The molecule has 1 unspecified atom stereocenters. The van der Waals surface area contributed by atoms with Crippen LogP contribution < -0.4 is 0 Å². The molecule has 1 atom stereocenters. The highest BCUT2D eigenvalue weighted by atomic mass is 35.5. The number of carbonyl (C=O) groups excluding carboxylic acids is 1. The molecule has 0 radical (unpaired) electrons. The van der Waals surface area contributed by atoms with Gasteiger partial charge in [0.2, 0.25) is 5.24 Å². The van der Waals surface area contributed by atoms with Crippen LogP contribution >= 0.6 is 11.6 Å². The minimum absolute atomic E-state index is 0.354. The van der Waals surface area contributed by atoms with Crippen molar-refractivity contribution in [1.82, 2.24) is 4.98 Å². The highest BCUT2D eigenvalue weighted by Crippen LogP contribution is 2.35. The van der Waals surface area contributed by atoms with Crippen molar-refractivity contribution in [3.8, 4) is 0 Å². The maximum atomic E-state index is 12.3. The molecule has 0 aliphatic rings. The number of pyridine rings is 1. The lowest BCUT2D eigenvalue weighted by Crippen LogP contribution is -2.32. The zero-order valence-electron chi connectivity index (χ0n) is 12.3. The van der Waals surface area contributed by atoms with Crippen LogP contribution in [0.1, 0.15) is 18.1 Å². The van der Waals surface area contributed by atoms with Crippen molar-refractivity contribution in [2.45, 2.75) is 18.8 Å². The van der Waals surface area contributed by atoms with E-state index in [1.165, 1.54) is 0 Å². The number of fused-ring (bicyclic) bond motifs is 1. The maximum absolute atomic E-state index is 12.3. The van der Waals surface area contributed by atoms with Crippen molar-refractivity contribution in [2.75, 3.05) is 0 Å². The van der Waals surface area contributed by atoms with Crippen LogP contribution in [-0.2, 0) is 16.6 Å². The normalized spacial score (nSPS) is 13.7. The molecule has 2 nitrogen and oxygen atoms in total. The zero-order valence-corrected chi connectivity index (χ0v) is 13.0. The van der Waals surface area contributed by atoms with Gasteiger partial charge in [0.25, 0.3) is 0 Å². The molecule has 0 fully saturated rings. The summed E-state index contributed by atoms with van der Waals surface area (Å²) < 4.78 is 0. The summed E-state index contributed by atoms with van der Waals surface area (Å²) in [4.78, 5) is 16.4. The Morgan fingerprint density at radius 3 is 2.59 bits per heavy atom. The Hall–Kier alpha value is -2.19. The summed E-state index contributed by atoms with van der Waals surface area (Å²) in [5.74, 6) is 0. The summed E-state index contributed by atoms with van der Waals surface area (Å²) in [5, 5.41) is 1.81. The Kier molecular flexibility index (Phi) is 3.95. The third kappa shape index (κ3) is 2.62. The quantitative estimate of drug-likeness (QED) is 0.664. The average Bonchev–Trinajstić information content (AvgIpc) is 2.55. The van der Waals surface area contributed by atoms with Crippen LogP contribution in [-0.4, -0.2) is 10.2 Å². The Morgan fingerprint density at radius 1 is 1.09 bits per heavy atom. The molecule has 0 spiro atoms. The zero-order chi connectivity index (χ0) is 15.6. The van der Waals surface area contributed by atoms with Gasteiger partial charge in [-0.2, -0.15) is 0 Å². The summed E-state index contributed by atoms with van der Waals surface area (Å²) in [6.07, 6.45) is 4.03. The van der Waals surface area contributed by atoms with E-state index in [1.54, 1.807) is 12.4 Å². The molecule has 22 heavy (non-hydrogen) atoms. The largest absolute Gasteiger partial charge is 0.280 e. The standard InChI is InChI=1S/C19H16ClNO/c1-19(18(20)22,12-14-6-5-11-21-13-14)17-10-4-8-15-7-2-3-9-16(15)17/h2-11,13H,12H2,1H3. The van der Waals surface area contributed by atoms with Crippen molar-refractivity contribution in [3.05, 3.63) is 78.1 Å². The molecule has 1 aromatic heterocycles. The fourth-order valence-corrected chi connectivity index (χ4v) is 3.06. The van der Waals surface area contributed by atoms with E-state index in [1.807, 2.05) is 61.5 Å². The second-order valence-electron chi connectivity index (χ2n) is 5.67. The molecule has 0 bridgehead atoms. The van der Waals surface area contributed by atoms with Crippen molar-refractivity contribution < 1.29 is 4.79 Å². The maximum Gasteiger partial charge on any atom is 0.232 e. The van der Waals surface area contributed by atoms with Crippen molar-refractivity contribution in [3.63, 3.8) is 0 Å². The van der Waals surface area contributed by atoms with Crippen LogP contribution in [0.25, 0.3) is 10.8 Å². The highest BCUT2D eigenvalue weighted by molar-refractivity contribution is 6.65. The molecule has 0 aliphatic heterocycles. The minimum Gasteiger partial charge on any atom is -0.280 e. The first kappa shape index (κ1) is 14.7. The predicted octanol–water partition coefficient (Wildman–Crippen LogP) is 4.50. The van der Waals surface area contributed by atoms with Crippen LogP contribution in [0.3, 0.4) is 0 Å². The van der Waals surface area contributed by atoms with Crippen molar-refractivity contribution in [1.29, 1.82) is 0 Å².